The first-order valence-electron chi connectivity index (χ1n) is 6.95. The number of hydrogen-bond donors (Lipinski definition) is 0. The maximum Gasteiger partial charge on any atom is 0.349 e. The molecule has 0 saturated carbocycles. The van der Waals surface area contributed by atoms with E-state index in [0.717, 1.165) is 16.7 Å². The summed E-state index contributed by atoms with van der Waals surface area (Å²) < 4.78 is 10.7. The molecule has 2 aromatic rings. The van der Waals surface area contributed by atoms with Crippen molar-refractivity contribution in [1.82, 2.24) is 0 Å². The van der Waals surface area contributed by atoms with E-state index in [2.05, 4.69) is 6.07 Å². The minimum atomic E-state index is -0.464. The molecule has 4 nitrogen and oxygen atoms in total. The molecule has 0 aliphatic carbocycles. The summed E-state index contributed by atoms with van der Waals surface area (Å²) in [4.78, 5) is 11.8. The Labute approximate surface area is 129 Å². The van der Waals surface area contributed by atoms with E-state index in [4.69, 9.17) is 14.7 Å². The smallest absolute Gasteiger partial charge is 0.349 e. The first-order chi connectivity index (χ1) is 10.6. The molecular formula is C18H17NO3. The molecule has 2 rings (SSSR count). The fraction of sp³-hybridized carbons (Fsp3) is 0.222. The maximum absolute atomic E-state index is 11.8. The highest BCUT2D eigenvalue weighted by molar-refractivity contribution is 5.74. The Morgan fingerprint density at radius 3 is 2.55 bits per heavy atom. The van der Waals surface area contributed by atoms with Crippen molar-refractivity contribution in [3.05, 3.63) is 59.2 Å². The Bertz CT molecular complexity index is 699. The zero-order valence-electron chi connectivity index (χ0n) is 12.6. The number of carbonyl (C=O) groups is 1. The van der Waals surface area contributed by atoms with Gasteiger partial charge < -0.3 is 9.47 Å². The molecule has 0 bridgehead atoms. The summed E-state index contributed by atoms with van der Waals surface area (Å²) in [5.41, 5.74) is 3.00. The highest BCUT2D eigenvalue weighted by Gasteiger charge is 2.08. The van der Waals surface area contributed by atoms with Crippen LogP contribution in [0.4, 0.5) is 0 Å². The molecule has 0 amide bonds. The van der Waals surface area contributed by atoms with Gasteiger partial charge in [0, 0.05) is 0 Å². The lowest BCUT2D eigenvalue weighted by molar-refractivity contribution is -0.136. The van der Waals surface area contributed by atoms with Crippen LogP contribution in [0.2, 0.25) is 0 Å². The number of carbonyl (C=O) groups excluding carboxylic acids is 1. The summed E-state index contributed by atoms with van der Waals surface area (Å²) in [5, 5.41) is 8.60. The fourth-order valence-corrected chi connectivity index (χ4v) is 1.94. The molecular weight excluding hydrogens is 278 g/mol. The minimum absolute atomic E-state index is 0.149. The average molecular weight is 295 g/mol. The Balaban J connectivity index is 1.90. The van der Waals surface area contributed by atoms with E-state index in [1.807, 2.05) is 32.0 Å². The predicted molar refractivity (Wildman–Crippen MR) is 82.8 cm³/mol. The number of hydrogen-bond acceptors (Lipinski definition) is 4. The lowest BCUT2D eigenvalue weighted by Gasteiger charge is -2.10. The van der Waals surface area contributed by atoms with Gasteiger partial charge in [-0.25, -0.2) is 4.79 Å². The molecule has 0 unspecified atom stereocenters. The highest BCUT2D eigenvalue weighted by Crippen LogP contribution is 2.20. The van der Waals surface area contributed by atoms with Crippen molar-refractivity contribution in [2.24, 2.45) is 0 Å². The largest absolute Gasteiger partial charge is 0.482 e. The van der Waals surface area contributed by atoms with Crippen LogP contribution in [0.5, 0.6) is 11.5 Å². The number of nitrogens with zero attached hydrogens (tertiary/aromatic N) is 1. The molecule has 0 heterocycles. The van der Waals surface area contributed by atoms with Gasteiger partial charge in [-0.1, -0.05) is 24.3 Å². The fourth-order valence-electron chi connectivity index (χ4n) is 1.94. The summed E-state index contributed by atoms with van der Waals surface area (Å²) in [5.74, 6) is 0.659. The van der Waals surface area contributed by atoms with Gasteiger partial charge in [0.15, 0.2) is 6.61 Å². The Hall–Kier alpha value is -2.80. The third kappa shape index (κ3) is 4.10. The van der Waals surface area contributed by atoms with Crippen LogP contribution >= 0.6 is 0 Å². The van der Waals surface area contributed by atoms with Crippen LogP contribution in [-0.4, -0.2) is 12.6 Å². The van der Waals surface area contributed by atoms with Crippen molar-refractivity contribution in [2.45, 2.75) is 20.3 Å². The molecule has 0 atom stereocenters. The van der Waals surface area contributed by atoms with Crippen LogP contribution in [-0.2, 0) is 11.2 Å². The van der Waals surface area contributed by atoms with Crippen LogP contribution < -0.4 is 9.47 Å². The molecule has 2 aromatic carbocycles. The van der Waals surface area contributed by atoms with E-state index < -0.39 is 5.97 Å². The standard InChI is InChI=1S/C18H17NO3/c1-13-4-3-5-17(14(13)2)21-12-18(20)22-16-8-6-15(7-9-16)10-11-19/h3-9H,10,12H2,1-2H3. The quantitative estimate of drug-likeness (QED) is 0.627. The normalized spacial score (nSPS) is 9.86. The topological polar surface area (TPSA) is 59.3 Å². The van der Waals surface area contributed by atoms with Crippen molar-refractivity contribution < 1.29 is 14.3 Å². The zero-order chi connectivity index (χ0) is 15.9. The third-order valence-corrected chi connectivity index (χ3v) is 3.34. The molecule has 0 aliphatic heterocycles. The summed E-state index contributed by atoms with van der Waals surface area (Å²) in [6, 6.07) is 14.6. The van der Waals surface area contributed by atoms with Gasteiger partial charge in [0.05, 0.1) is 12.5 Å². The van der Waals surface area contributed by atoms with Gasteiger partial charge in [0.2, 0.25) is 0 Å². The first-order valence-corrected chi connectivity index (χ1v) is 6.95. The summed E-state index contributed by atoms with van der Waals surface area (Å²) in [7, 11) is 0. The second-order valence-electron chi connectivity index (χ2n) is 4.94. The summed E-state index contributed by atoms with van der Waals surface area (Å²) >= 11 is 0. The van der Waals surface area contributed by atoms with Gasteiger partial charge in [-0.3, -0.25) is 0 Å². The van der Waals surface area contributed by atoms with Crippen LogP contribution in [0.15, 0.2) is 42.5 Å². The number of esters is 1. The molecule has 0 radical (unpaired) electrons. The Morgan fingerprint density at radius 2 is 1.86 bits per heavy atom. The van der Waals surface area contributed by atoms with Crippen LogP contribution in [0.3, 0.4) is 0 Å². The molecule has 0 aromatic heterocycles. The number of nitriles is 1. The van der Waals surface area contributed by atoms with Crippen molar-refractivity contribution in [3.63, 3.8) is 0 Å². The summed E-state index contributed by atoms with van der Waals surface area (Å²) in [6.45, 7) is 3.79. The molecule has 0 fully saturated rings. The number of benzene rings is 2. The number of ether oxygens (including phenoxy) is 2. The molecule has 0 saturated heterocycles. The second kappa shape index (κ2) is 7.28. The monoisotopic (exact) mass is 295 g/mol. The third-order valence-electron chi connectivity index (χ3n) is 3.34. The van der Waals surface area contributed by atoms with Crippen molar-refractivity contribution in [3.8, 4) is 17.6 Å². The molecule has 112 valence electrons. The first kappa shape index (κ1) is 15.6. The second-order valence-corrected chi connectivity index (χ2v) is 4.94. The van der Waals surface area contributed by atoms with Crippen LogP contribution in [0.1, 0.15) is 16.7 Å². The lowest BCUT2D eigenvalue weighted by atomic mass is 10.1. The van der Waals surface area contributed by atoms with Crippen molar-refractivity contribution in [1.29, 1.82) is 5.26 Å². The number of aryl methyl sites for hydroxylation is 1. The van der Waals surface area contributed by atoms with Gasteiger partial charge in [-0.05, 0) is 48.7 Å². The van der Waals surface area contributed by atoms with Gasteiger partial charge in [-0.2, -0.15) is 5.26 Å². The van der Waals surface area contributed by atoms with E-state index in [-0.39, 0.29) is 6.61 Å². The van der Waals surface area contributed by atoms with E-state index >= 15 is 0 Å². The Kier molecular flexibility index (Phi) is 5.16. The molecule has 22 heavy (non-hydrogen) atoms. The van der Waals surface area contributed by atoms with Gasteiger partial charge in [-0.15, -0.1) is 0 Å². The van der Waals surface area contributed by atoms with Gasteiger partial charge in [0.1, 0.15) is 11.5 Å². The lowest BCUT2D eigenvalue weighted by Crippen LogP contribution is -2.18. The Morgan fingerprint density at radius 1 is 1.14 bits per heavy atom. The van der Waals surface area contributed by atoms with Crippen molar-refractivity contribution in [2.75, 3.05) is 6.61 Å². The molecule has 0 N–H and O–H groups in total. The SMILES string of the molecule is Cc1cccc(OCC(=O)Oc2ccc(CC#N)cc2)c1C. The molecule has 0 spiro atoms. The summed E-state index contributed by atoms with van der Waals surface area (Å²) in [6.07, 6.45) is 0.337. The highest BCUT2D eigenvalue weighted by atomic mass is 16.6. The van der Waals surface area contributed by atoms with E-state index in [0.29, 0.717) is 17.9 Å². The number of rotatable bonds is 5. The minimum Gasteiger partial charge on any atom is -0.482 e. The van der Waals surface area contributed by atoms with Gasteiger partial charge in [0.25, 0.3) is 0 Å². The molecule has 4 heteroatoms. The van der Waals surface area contributed by atoms with E-state index in [1.54, 1.807) is 24.3 Å². The van der Waals surface area contributed by atoms with E-state index in [1.165, 1.54) is 0 Å². The van der Waals surface area contributed by atoms with E-state index in [9.17, 15) is 4.79 Å². The average Bonchev–Trinajstić information content (AvgIpc) is 2.51. The van der Waals surface area contributed by atoms with Crippen LogP contribution in [0, 0.1) is 25.2 Å². The molecule has 0 aliphatic rings. The van der Waals surface area contributed by atoms with Crippen molar-refractivity contribution >= 4 is 5.97 Å². The predicted octanol–water partition coefficient (Wildman–Crippen LogP) is 3.35. The zero-order valence-corrected chi connectivity index (χ0v) is 12.6. The maximum atomic E-state index is 11.8. The van der Waals surface area contributed by atoms with Crippen LogP contribution in [0.25, 0.3) is 0 Å². The van der Waals surface area contributed by atoms with Gasteiger partial charge >= 0.3 is 5.97 Å².